The van der Waals surface area contributed by atoms with Crippen molar-refractivity contribution in [3.63, 3.8) is 0 Å². The Balaban J connectivity index is 1.89. The SMILES string of the molecule is CC/C(=N\OCCCc1ccccc1)c1cc(Cl)ccc1N. The summed E-state index contributed by atoms with van der Waals surface area (Å²) < 4.78 is 0. The fourth-order valence-corrected chi connectivity index (χ4v) is 2.36. The zero-order valence-electron chi connectivity index (χ0n) is 12.8. The smallest absolute Gasteiger partial charge is 0.117 e. The van der Waals surface area contributed by atoms with E-state index >= 15 is 0 Å². The van der Waals surface area contributed by atoms with E-state index in [0.29, 0.717) is 17.3 Å². The van der Waals surface area contributed by atoms with Crippen molar-refractivity contribution in [2.24, 2.45) is 5.16 Å². The first kappa shape index (κ1) is 16.4. The maximum absolute atomic E-state index is 6.02. The molecule has 2 N–H and O–H groups in total. The number of rotatable bonds is 7. The van der Waals surface area contributed by atoms with Gasteiger partial charge in [0.15, 0.2) is 0 Å². The van der Waals surface area contributed by atoms with Crippen LogP contribution >= 0.6 is 11.6 Å². The van der Waals surface area contributed by atoms with Gasteiger partial charge in [-0.1, -0.05) is 54.0 Å². The lowest BCUT2D eigenvalue weighted by molar-refractivity contribution is 0.141. The first-order valence-corrected chi connectivity index (χ1v) is 7.86. The van der Waals surface area contributed by atoms with E-state index in [2.05, 4.69) is 17.3 Å². The van der Waals surface area contributed by atoms with E-state index in [0.717, 1.165) is 30.5 Å². The van der Waals surface area contributed by atoms with Gasteiger partial charge in [-0.3, -0.25) is 0 Å². The molecule has 0 radical (unpaired) electrons. The molecular weight excluding hydrogens is 296 g/mol. The summed E-state index contributed by atoms with van der Waals surface area (Å²) in [7, 11) is 0. The number of oxime groups is 1. The van der Waals surface area contributed by atoms with E-state index in [4.69, 9.17) is 22.2 Å². The number of benzene rings is 2. The first-order valence-electron chi connectivity index (χ1n) is 7.49. The zero-order valence-corrected chi connectivity index (χ0v) is 13.5. The molecule has 0 atom stereocenters. The van der Waals surface area contributed by atoms with Crippen molar-refractivity contribution >= 4 is 23.0 Å². The molecule has 0 bridgehead atoms. The number of hydrogen-bond donors (Lipinski definition) is 1. The summed E-state index contributed by atoms with van der Waals surface area (Å²) in [5.41, 5.74) is 9.62. The molecule has 22 heavy (non-hydrogen) atoms. The van der Waals surface area contributed by atoms with Crippen LogP contribution in [0.15, 0.2) is 53.7 Å². The van der Waals surface area contributed by atoms with Gasteiger partial charge in [0, 0.05) is 16.3 Å². The second-order valence-electron chi connectivity index (χ2n) is 5.05. The largest absolute Gasteiger partial charge is 0.398 e. The summed E-state index contributed by atoms with van der Waals surface area (Å²) >= 11 is 6.02. The third-order valence-corrected chi connectivity index (χ3v) is 3.61. The van der Waals surface area contributed by atoms with Crippen molar-refractivity contribution in [1.29, 1.82) is 0 Å². The van der Waals surface area contributed by atoms with Crippen molar-refractivity contribution in [2.45, 2.75) is 26.2 Å². The standard InChI is InChI=1S/C18H21ClN2O/c1-2-18(16-13-15(19)10-11-17(16)20)21-22-12-6-9-14-7-4-3-5-8-14/h3-5,7-8,10-11,13H,2,6,9,12,20H2,1H3/b21-18+. The highest BCUT2D eigenvalue weighted by Gasteiger charge is 2.07. The maximum Gasteiger partial charge on any atom is 0.117 e. The van der Waals surface area contributed by atoms with Gasteiger partial charge < -0.3 is 10.6 Å². The van der Waals surface area contributed by atoms with Crippen molar-refractivity contribution in [3.8, 4) is 0 Å². The van der Waals surface area contributed by atoms with E-state index in [1.807, 2.05) is 31.2 Å². The van der Waals surface area contributed by atoms with Gasteiger partial charge in [0.2, 0.25) is 0 Å². The molecule has 116 valence electrons. The van der Waals surface area contributed by atoms with Crippen LogP contribution in [0.3, 0.4) is 0 Å². The molecule has 0 saturated carbocycles. The van der Waals surface area contributed by atoms with Crippen LogP contribution in [-0.4, -0.2) is 12.3 Å². The second kappa shape index (κ2) is 8.44. The minimum atomic E-state index is 0.582. The van der Waals surface area contributed by atoms with Crippen molar-refractivity contribution in [1.82, 2.24) is 0 Å². The molecule has 2 rings (SSSR count). The van der Waals surface area contributed by atoms with Gasteiger partial charge in [-0.2, -0.15) is 0 Å². The van der Waals surface area contributed by atoms with Gasteiger partial charge >= 0.3 is 0 Å². The summed E-state index contributed by atoms with van der Waals surface area (Å²) in [4.78, 5) is 5.45. The van der Waals surface area contributed by atoms with Crippen molar-refractivity contribution in [3.05, 3.63) is 64.7 Å². The van der Waals surface area contributed by atoms with Crippen molar-refractivity contribution < 1.29 is 4.84 Å². The summed E-state index contributed by atoms with van der Waals surface area (Å²) in [6.07, 6.45) is 2.65. The number of nitrogen functional groups attached to an aromatic ring is 1. The molecule has 4 heteroatoms. The van der Waals surface area contributed by atoms with Gasteiger partial charge in [-0.15, -0.1) is 0 Å². The van der Waals surface area contributed by atoms with E-state index in [9.17, 15) is 0 Å². The normalized spacial score (nSPS) is 11.5. The van der Waals surface area contributed by atoms with E-state index < -0.39 is 0 Å². The van der Waals surface area contributed by atoms with E-state index in [-0.39, 0.29) is 0 Å². The lowest BCUT2D eigenvalue weighted by atomic mass is 10.1. The summed E-state index contributed by atoms with van der Waals surface area (Å²) in [6.45, 7) is 2.60. The fraction of sp³-hybridized carbons (Fsp3) is 0.278. The molecule has 0 aromatic heterocycles. The number of nitrogens with two attached hydrogens (primary N) is 1. The molecule has 0 saturated heterocycles. The quantitative estimate of drug-likeness (QED) is 0.349. The minimum absolute atomic E-state index is 0.582. The zero-order chi connectivity index (χ0) is 15.8. The molecule has 0 amide bonds. The van der Waals surface area contributed by atoms with Crippen molar-refractivity contribution in [2.75, 3.05) is 12.3 Å². The molecule has 0 aliphatic rings. The van der Waals surface area contributed by atoms with Crippen LogP contribution in [0.1, 0.15) is 30.9 Å². The summed E-state index contributed by atoms with van der Waals surface area (Å²) in [6, 6.07) is 15.7. The molecule has 0 spiro atoms. The van der Waals surface area contributed by atoms with E-state index in [1.54, 1.807) is 12.1 Å². The Labute approximate surface area is 136 Å². The fourth-order valence-electron chi connectivity index (χ4n) is 2.19. The van der Waals surface area contributed by atoms with Gasteiger partial charge in [0.05, 0.1) is 5.71 Å². The molecule has 0 fully saturated rings. The number of halogens is 1. The Morgan fingerprint density at radius 2 is 1.95 bits per heavy atom. The summed E-state index contributed by atoms with van der Waals surface area (Å²) in [5, 5.41) is 4.87. The molecule has 0 aliphatic heterocycles. The topological polar surface area (TPSA) is 47.6 Å². The van der Waals surface area contributed by atoms with Crippen LogP contribution in [0.5, 0.6) is 0 Å². The summed E-state index contributed by atoms with van der Waals surface area (Å²) in [5.74, 6) is 0. The first-order chi connectivity index (χ1) is 10.7. The molecule has 0 heterocycles. The number of nitrogens with zero attached hydrogens (tertiary/aromatic N) is 1. The molecule has 2 aromatic rings. The van der Waals surface area contributed by atoms with Crippen LogP contribution in [0.2, 0.25) is 5.02 Å². The van der Waals surface area contributed by atoms with Gasteiger partial charge in [-0.05, 0) is 43.0 Å². The average Bonchev–Trinajstić information content (AvgIpc) is 2.54. The number of anilines is 1. The maximum atomic E-state index is 6.02. The van der Waals surface area contributed by atoms with Crippen LogP contribution in [0.25, 0.3) is 0 Å². The highest BCUT2D eigenvalue weighted by atomic mass is 35.5. The lowest BCUT2D eigenvalue weighted by Gasteiger charge is -2.08. The number of hydrogen-bond acceptors (Lipinski definition) is 3. The Morgan fingerprint density at radius 3 is 2.68 bits per heavy atom. The second-order valence-corrected chi connectivity index (χ2v) is 5.48. The van der Waals surface area contributed by atoms with Crippen LogP contribution in [-0.2, 0) is 11.3 Å². The van der Waals surface area contributed by atoms with Crippen LogP contribution in [0, 0.1) is 0 Å². The van der Waals surface area contributed by atoms with E-state index in [1.165, 1.54) is 5.56 Å². The minimum Gasteiger partial charge on any atom is -0.398 e. The van der Waals surface area contributed by atoms with Gasteiger partial charge in [0.1, 0.15) is 6.61 Å². The third-order valence-electron chi connectivity index (χ3n) is 3.38. The molecule has 0 aliphatic carbocycles. The Kier molecular flexibility index (Phi) is 6.28. The Hall–Kier alpha value is -2.00. The lowest BCUT2D eigenvalue weighted by Crippen LogP contribution is -2.05. The highest BCUT2D eigenvalue weighted by molar-refractivity contribution is 6.31. The predicted molar refractivity (Wildman–Crippen MR) is 93.4 cm³/mol. The van der Waals surface area contributed by atoms with Crippen LogP contribution in [0.4, 0.5) is 5.69 Å². The predicted octanol–water partition coefficient (Wildman–Crippen LogP) is 4.69. The third kappa shape index (κ3) is 4.78. The Morgan fingerprint density at radius 1 is 1.18 bits per heavy atom. The van der Waals surface area contributed by atoms with Crippen LogP contribution < -0.4 is 5.73 Å². The van der Waals surface area contributed by atoms with Gasteiger partial charge in [0.25, 0.3) is 0 Å². The van der Waals surface area contributed by atoms with Gasteiger partial charge in [-0.25, -0.2) is 0 Å². The average molecular weight is 317 g/mol. The molecule has 0 unspecified atom stereocenters. The monoisotopic (exact) mass is 316 g/mol. The molecular formula is C18H21ClN2O. The Bertz CT molecular complexity index is 626. The number of aryl methyl sites for hydroxylation is 1. The molecule has 2 aromatic carbocycles. The molecule has 3 nitrogen and oxygen atoms in total. The highest BCUT2D eigenvalue weighted by Crippen LogP contribution is 2.20.